The van der Waals surface area contributed by atoms with Crippen LogP contribution in [0.4, 0.5) is 13.2 Å². The predicted octanol–water partition coefficient (Wildman–Crippen LogP) is 2.25. The highest BCUT2D eigenvalue weighted by atomic mass is 19.4. The normalized spacial score (nSPS) is 12.8. The molecule has 0 unspecified atom stereocenters. The van der Waals surface area contributed by atoms with Crippen LogP contribution >= 0.6 is 0 Å². The number of alkyl halides is 3. The number of halogens is 3. The average Bonchev–Trinajstić information content (AvgIpc) is 2.00. The van der Waals surface area contributed by atoms with Crippen molar-refractivity contribution in [1.82, 2.24) is 4.90 Å². The Balaban J connectivity index is 3.83. The Morgan fingerprint density at radius 1 is 1.20 bits per heavy atom. The van der Waals surface area contributed by atoms with Gasteiger partial charge in [0.1, 0.15) is 0 Å². The van der Waals surface area contributed by atoms with Crippen molar-refractivity contribution in [2.45, 2.75) is 32.9 Å². The van der Waals surface area contributed by atoms with E-state index in [1.165, 1.54) is 4.90 Å². The van der Waals surface area contributed by atoms with Crippen LogP contribution in [0.2, 0.25) is 0 Å². The van der Waals surface area contributed by atoms with E-state index in [1.54, 1.807) is 0 Å². The summed E-state index contributed by atoms with van der Waals surface area (Å²) in [6.07, 6.45) is -2.36. The van der Waals surface area contributed by atoms with Gasteiger partial charge in [-0.05, 0) is 25.3 Å². The van der Waals surface area contributed by atoms with Gasteiger partial charge in [-0.2, -0.15) is 13.2 Å². The third-order valence-electron chi connectivity index (χ3n) is 2.10. The van der Waals surface area contributed by atoms with Crippen molar-refractivity contribution in [2.24, 2.45) is 11.7 Å². The maximum atomic E-state index is 12.1. The molecule has 0 saturated carbocycles. The molecule has 0 bridgehead atoms. The number of nitrogens with two attached hydrogens (primary N) is 1. The van der Waals surface area contributed by atoms with Crippen LogP contribution in [0.25, 0.3) is 0 Å². The highest BCUT2D eigenvalue weighted by Gasteiger charge is 2.29. The van der Waals surface area contributed by atoms with Gasteiger partial charge in [-0.3, -0.25) is 4.90 Å². The summed E-state index contributed by atoms with van der Waals surface area (Å²) in [6.45, 7) is 4.36. The maximum absolute atomic E-state index is 12.1. The zero-order chi connectivity index (χ0) is 11.9. The van der Waals surface area contributed by atoms with Gasteiger partial charge in [0.15, 0.2) is 0 Å². The Kier molecular flexibility index (Phi) is 6.92. The first-order valence-electron chi connectivity index (χ1n) is 5.34. The molecule has 0 spiro atoms. The van der Waals surface area contributed by atoms with Gasteiger partial charge < -0.3 is 5.73 Å². The molecular formula is C10H21F3N2. The number of hydrogen-bond acceptors (Lipinski definition) is 2. The summed E-state index contributed by atoms with van der Waals surface area (Å²) >= 11 is 0. The van der Waals surface area contributed by atoms with E-state index in [0.29, 0.717) is 19.0 Å². The van der Waals surface area contributed by atoms with Crippen LogP contribution in [0, 0.1) is 5.92 Å². The zero-order valence-corrected chi connectivity index (χ0v) is 9.48. The lowest BCUT2D eigenvalue weighted by atomic mass is 10.1. The summed E-state index contributed by atoms with van der Waals surface area (Å²) in [4.78, 5) is 1.38. The molecule has 0 rings (SSSR count). The molecule has 2 N–H and O–H groups in total. The largest absolute Gasteiger partial charge is 0.401 e. The summed E-state index contributed by atoms with van der Waals surface area (Å²) in [5.41, 5.74) is 5.27. The minimum atomic E-state index is -4.12. The van der Waals surface area contributed by atoms with Crippen molar-refractivity contribution in [3.63, 3.8) is 0 Å². The van der Waals surface area contributed by atoms with E-state index in [2.05, 4.69) is 13.8 Å². The van der Waals surface area contributed by atoms with E-state index in [9.17, 15) is 13.2 Å². The standard InChI is InChI=1S/C10H21F3N2/c1-9(2)4-3-6-15(7-5-14)8-10(11,12)13/h9H,3-8,14H2,1-2H3. The van der Waals surface area contributed by atoms with Crippen LogP contribution in [0.1, 0.15) is 26.7 Å². The van der Waals surface area contributed by atoms with Gasteiger partial charge in [-0.25, -0.2) is 0 Å². The van der Waals surface area contributed by atoms with Crippen LogP contribution in [0.15, 0.2) is 0 Å². The molecule has 0 aliphatic carbocycles. The third kappa shape index (κ3) is 10.0. The molecule has 0 radical (unpaired) electrons. The minimum Gasteiger partial charge on any atom is -0.329 e. The molecule has 0 aromatic rings. The lowest BCUT2D eigenvalue weighted by Gasteiger charge is -2.23. The van der Waals surface area contributed by atoms with Crippen molar-refractivity contribution in [1.29, 1.82) is 0 Å². The van der Waals surface area contributed by atoms with Crippen molar-refractivity contribution >= 4 is 0 Å². The molecule has 0 saturated heterocycles. The molecule has 0 atom stereocenters. The Hall–Kier alpha value is -0.290. The summed E-state index contributed by atoms with van der Waals surface area (Å²) in [5.74, 6) is 0.538. The monoisotopic (exact) mass is 226 g/mol. The predicted molar refractivity (Wildman–Crippen MR) is 55.6 cm³/mol. The first kappa shape index (κ1) is 14.7. The molecule has 0 aromatic carbocycles. The van der Waals surface area contributed by atoms with Crippen molar-refractivity contribution < 1.29 is 13.2 Å². The molecule has 0 aliphatic heterocycles. The first-order valence-corrected chi connectivity index (χ1v) is 5.34. The zero-order valence-electron chi connectivity index (χ0n) is 9.48. The highest BCUT2D eigenvalue weighted by Crippen LogP contribution is 2.16. The number of hydrogen-bond donors (Lipinski definition) is 1. The Labute approximate surface area is 89.6 Å². The third-order valence-corrected chi connectivity index (χ3v) is 2.10. The van der Waals surface area contributed by atoms with Crippen molar-refractivity contribution in [3.05, 3.63) is 0 Å². The number of nitrogens with zero attached hydrogens (tertiary/aromatic N) is 1. The fourth-order valence-corrected chi connectivity index (χ4v) is 1.43. The first-order chi connectivity index (χ1) is 6.85. The van der Waals surface area contributed by atoms with Crippen molar-refractivity contribution in [3.8, 4) is 0 Å². The molecule has 15 heavy (non-hydrogen) atoms. The fourth-order valence-electron chi connectivity index (χ4n) is 1.43. The molecule has 0 aliphatic rings. The quantitative estimate of drug-likeness (QED) is 0.721. The second kappa shape index (κ2) is 7.06. The van der Waals surface area contributed by atoms with Gasteiger partial charge in [-0.1, -0.05) is 13.8 Å². The maximum Gasteiger partial charge on any atom is 0.401 e. The lowest BCUT2D eigenvalue weighted by molar-refractivity contribution is -0.145. The van der Waals surface area contributed by atoms with Crippen LogP contribution in [-0.2, 0) is 0 Å². The summed E-state index contributed by atoms with van der Waals surface area (Å²) in [7, 11) is 0. The van der Waals surface area contributed by atoms with Gasteiger partial charge in [0.05, 0.1) is 6.54 Å². The van der Waals surface area contributed by atoms with E-state index in [-0.39, 0.29) is 6.54 Å². The van der Waals surface area contributed by atoms with Crippen LogP contribution in [0.3, 0.4) is 0 Å². The van der Waals surface area contributed by atoms with Gasteiger partial charge in [0, 0.05) is 13.1 Å². The SMILES string of the molecule is CC(C)CCCN(CCN)CC(F)(F)F. The lowest BCUT2D eigenvalue weighted by Crippen LogP contribution is -2.38. The van der Waals surface area contributed by atoms with Gasteiger partial charge in [0.25, 0.3) is 0 Å². The molecule has 0 aromatic heterocycles. The summed E-state index contributed by atoms with van der Waals surface area (Å²) < 4.78 is 36.4. The average molecular weight is 226 g/mol. The van der Waals surface area contributed by atoms with Crippen LogP contribution < -0.4 is 5.73 Å². The fraction of sp³-hybridized carbons (Fsp3) is 1.00. The Bertz CT molecular complexity index is 157. The molecule has 0 fully saturated rings. The summed E-state index contributed by atoms with van der Waals surface area (Å²) in [6, 6.07) is 0. The Morgan fingerprint density at radius 3 is 2.20 bits per heavy atom. The van der Waals surface area contributed by atoms with Crippen molar-refractivity contribution in [2.75, 3.05) is 26.2 Å². The highest BCUT2D eigenvalue weighted by molar-refractivity contribution is 4.64. The second-order valence-electron chi connectivity index (χ2n) is 4.22. The van der Waals surface area contributed by atoms with E-state index in [1.807, 2.05) is 0 Å². The van der Waals surface area contributed by atoms with E-state index in [4.69, 9.17) is 5.73 Å². The van der Waals surface area contributed by atoms with Gasteiger partial charge >= 0.3 is 6.18 Å². The number of rotatable bonds is 7. The van der Waals surface area contributed by atoms with Gasteiger partial charge in [0.2, 0.25) is 0 Å². The van der Waals surface area contributed by atoms with E-state index in [0.717, 1.165) is 12.8 Å². The van der Waals surface area contributed by atoms with Crippen LogP contribution in [0.5, 0.6) is 0 Å². The van der Waals surface area contributed by atoms with Crippen LogP contribution in [-0.4, -0.2) is 37.3 Å². The minimum absolute atomic E-state index is 0.276. The molecular weight excluding hydrogens is 205 g/mol. The topological polar surface area (TPSA) is 29.3 Å². The van der Waals surface area contributed by atoms with Gasteiger partial charge in [-0.15, -0.1) is 0 Å². The Morgan fingerprint density at radius 2 is 1.80 bits per heavy atom. The summed E-state index contributed by atoms with van der Waals surface area (Å²) in [5, 5.41) is 0. The molecule has 92 valence electrons. The van der Waals surface area contributed by atoms with E-state index >= 15 is 0 Å². The van der Waals surface area contributed by atoms with E-state index < -0.39 is 12.7 Å². The second-order valence-corrected chi connectivity index (χ2v) is 4.22. The molecule has 0 amide bonds. The smallest absolute Gasteiger partial charge is 0.329 e. The molecule has 5 heteroatoms. The molecule has 2 nitrogen and oxygen atoms in total. The molecule has 0 heterocycles.